The average Bonchev–Trinajstić information content (AvgIpc) is 2.96. The number of aliphatic imine (C=N–C) groups is 1. The standard InChI is InChI=1S/C24H31N3O3.ClH/c1-13(2)11-18-17(12-25)20(16-9-7-14(3)8-10-16)19(15(4)26-18)22-27-21(23(28)29)24(5,6)30-22;/h7-10,13,22H,11-12,25H2,1-6H3,(H,28,29);1H. The molecule has 168 valence electrons. The van der Waals surface area contributed by atoms with E-state index < -0.39 is 17.8 Å². The van der Waals surface area contributed by atoms with Gasteiger partial charge in [0.15, 0.2) is 11.9 Å². The van der Waals surface area contributed by atoms with Crippen molar-refractivity contribution >= 4 is 24.1 Å². The Morgan fingerprint density at radius 2 is 1.84 bits per heavy atom. The largest absolute Gasteiger partial charge is 0.477 e. The monoisotopic (exact) mass is 445 g/mol. The van der Waals surface area contributed by atoms with Crippen LogP contribution in [0, 0.1) is 19.8 Å². The highest BCUT2D eigenvalue weighted by atomic mass is 35.5. The Kier molecular flexibility index (Phi) is 7.63. The molecule has 31 heavy (non-hydrogen) atoms. The van der Waals surface area contributed by atoms with Crippen molar-refractivity contribution in [3.63, 3.8) is 0 Å². The van der Waals surface area contributed by atoms with Crippen LogP contribution in [0.1, 0.15) is 62.0 Å². The SMILES string of the molecule is Cc1ccc(-c2c(CN)c(CC(C)C)nc(C)c2C2N=C(C(=O)O)C(C)(C)O2)cc1.Cl. The van der Waals surface area contributed by atoms with Crippen LogP contribution >= 0.6 is 12.4 Å². The van der Waals surface area contributed by atoms with Crippen LogP contribution in [0.25, 0.3) is 11.1 Å². The highest BCUT2D eigenvalue weighted by molar-refractivity contribution is 6.39. The quantitative estimate of drug-likeness (QED) is 0.666. The second-order valence-electron chi connectivity index (χ2n) is 8.84. The maximum atomic E-state index is 11.7. The maximum Gasteiger partial charge on any atom is 0.352 e. The summed E-state index contributed by atoms with van der Waals surface area (Å²) in [6.07, 6.45) is 0.0704. The summed E-state index contributed by atoms with van der Waals surface area (Å²) < 4.78 is 6.13. The number of hydrogen-bond acceptors (Lipinski definition) is 5. The van der Waals surface area contributed by atoms with Gasteiger partial charge in [0, 0.05) is 23.5 Å². The summed E-state index contributed by atoms with van der Waals surface area (Å²) in [6, 6.07) is 8.24. The van der Waals surface area contributed by atoms with E-state index in [1.807, 2.05) is 13.8 Å². The lowest BCUT2D eigenvalue weighted by Crippen LogP contribution is -2.35. The molecule has 0 aliphatic carbocycles. The number of hydrogen-bond donors (Lipinski definition) is 2. The van der Waals surface area contributed by atoms with Gasteiger partial charge in [-0.3, -0.25) is 4.98 Å². The van der Waals surface area contributed by atoms with Gasteiger partial charge in [0.1, 0.15) is 5.60 Å². The van der Waals surface area contributed by atoms with E-state index in [0.717, 1.165) is 45.6 Å². The minimum atomic E-state index is -1.07. The van der Waals surface area contributed by atoms with Crippen LogP contribution in [0.4, 0.5) is 0 Å². The summed E-state index contributed by atoms with van der Waals surface area (Å²) in [4.78, 5) is 21.1. The summed E-state index contributed by atoms with van der Waals surface area (Å²) in [7, 11) is 0. The smallest absolute Gasteiger partial charge is 0.352 e. The molecule has 0 bridgehead atoms. The van der Waals surface area contributed by atoms with Gasteiger partial charge in [0.2, 0.25) is 0 Å². The first kappa shape index (κ1) is 25.0. The van der Waals surface area contributed by atoms with Crippen molar-refractivity contribution in [3.05, 3.63) is 52.3 Å². The molecule has 3 N–H and O–H groups in total. The molecule has 1 aliphatic heterocycles. The molecule has 1 aromatic carbocycles. The minimum absolute atomic E-state index is 0. The maximum absolute atomic E-state index is 11.7. The fraction of sp³-hybridized carbons (Fsp3) is 0.458. The number of halogens is 1. The molecule has 1 aliphatic rings. The first-order chi connectivity index (χ1) is 14.0. The van der Waals surface area contributed by atoms with E-state index in [1.165, 1.54) is 0 Å². The van der Waals surface area contributed by atoms with Gasteiger partial charge in [-0.2, -0.15) is 0 Å². The highest BCUT2D eigenvalue weighted by Crippen LogP contribution is 2.42. The molecule has 1 unspecified atom stereocenters. The van der Waals surface area contributed by atoms with Crippen LogP contribution in [-0.4, -0.2) is 27.4 Å². The lowest BCUT2D eigenvalue weighted by Gasteiger charge is -2.25. The van der Waals surface area contributed by atoms with Crippen molar-refractivity contribution < 1.29 is 14.6 Å². The van der Waals surface area contributed by atoms with Crippen molar-refractivity contribution in [1.29, 1.82) is 0 Å². The summed E-state index contributed by atoms with van der Waals surface area (Å²) >= 11 is 0. The Balaban J connectivity index is 0.00000341. The topological polar surface area (TPSA) is 97.8 Å². The number of carboxylic acid groups (broad SMARTS) is 1. The number of aromatic nitrogens is 1. The summed E-state index contributed by atoms with van der Waals surface area (Å²) in [6.45, 7) is 12.1. The minimum Gasteiger partial charge on any atom is -0.477 e. The molecule has 7 heteroatoms. The molecule has 1 aromatic heterocycles. The number of ether oxygens (including phenoxy) is 1. The van der Waals surface area contributed by atoms with E-state index >= 15 is 0 Å². The molecule has 0 saturated heterocycles. The molecule has 0 amide bonds. The third kappa shape index (κ3) is 4.97. The van der Waals surface area contributed by atoms with Gasteiger partial charge in [-0.25, -0.2) is 9.79 Å². The van der Waals surface area contributed by atoms with Crippen molar-refractivity contribution in [2.45, 2.75) is 66.3 Å². The number of aliphatic carboxylic acids is 1. The number of carbonyl (C=O) groups is 1. The van der Waals surface area contributed by atoms with Crippen LogP contribution in [0.15, 0.2) is 29.3 Å². The molecule has 0 radical (unpaired) electrons. The van der Waals surface area contributed by atoms with Gasteiger partial charge >= 0.3 is 5.97 Å². The van der Waals surface area contributed by atoms with E-state index in [0.29, 0.717) is 12.5 Å². The average molecular weight is 446 g/mol. The number of nitrogens with zero attached hydrogens (tertiary/aromatic N) is 2. The Hall–Kier alpha value is -2.28. The Morgan fingerprint density at radius 1 is 1.23 bits per heavy atom. The Bertz CT molecular complexity index is 998. The zero-order valence-electron chi connectivity index (χ0n) is 19.0. The molecule has 2 aromatic rings. The fourth-order valence-electron chi connectivity index (χ4n) is 4.02. The van der Waals surface area contributed by atoms with E-state index in [-0.39, 0.29) is 18.1 Å². The van der Waals surface area contributed by atoms with Crippen LogP contribution in [0.3, 0.4) is 0 Å². The zero-order valence-corrected chi connectivity index (χ0v) is 19.8. The van der Waals surface area contributed by atoms with E-state index in [1.54, 1.807) is 13.8 Å². The molecule has 0 spiro atoms. The second-order valence-corrected chi connectivity index (χ2v) is 8.84. The number of aryl methyl sites for hydroxylation is 2. The van der Waals surface area contributed by atoms with E-state index in [2.05, 4.69) is 43.1 Å². The van der Waals surface area contributed by atoms with Gasteiger partial charge in [0.05, 0.1) is 0 Å². The van der Waals surface area contributed by atoms with Crippen LogP contribution in [-0.2, 0) is 22.5 Å². The van der Waals surface area contributed by atoms with Gasteiger partial charge in [-0.1, -0.05) is 43.7 Å². The fourth-order valence-corrected chi connectivity index (χ4v) is 4.02. The lowest BCUT2D eigenvalue weighted by atomic mass is 9.89. The summed E-state index contributed by atoms with van der Waals surface area (Å²) in [5.41, 5.74) is 11.9. The van der Waals surface area contributed by atoms with Crippen molar-refractivity contribution in [2.75, 3.05) is 0 Å². The molecule has 0 fully saturated rings. The highest BCUT2D eigenvalue weighted by Gasteiger charge is 2.42. The molecular formula is C24H32ClN3O3. The molecular weight excluding hydrogens is 414 g/mol. The predicted molar refractivity (Wildman–Crippen MR) is 126 cm³/mol. The summed E-state index contributed by atoms with van der Waals surface area (Å²) in [5.74, 6) is -0.641. The van der Waals surface area contributed by atoms with Crippen LogP contribution in [0.2, 0.25) is 0 Å². The van der Waals surface area contributed by atoms with E-state index in [4.69, 9.17) is 15.5 Å². The number of carboxylic acids is 1. The number of rotatable bonds is 6. The van der Waals surface area contributed by atoms with E-state index in [9.17, 15) is 9.90 Å². The van der Waals surface area contributed by atoms with Gasteiger partial charge in [-0.15, -0.1) is 12.4 Å². The zero-order chi connectivity index (χ0) is 22.2. The Morgan fingerprint density at radius 3 is 2.32 bits per heavy atom. The normalized spacial score (nSPS) is 17.4. The molecule has 1 atom stereocenters. The van der Waals surface area contributed by atoms with Crippen LogP contribution in [0.5, 0.6) is 0 Å². The first-order valence-electron chi connectivity index (χ1n) is 10.3. The third-order valence-electron chi connectivity index (χ3n) is 5.43. The Labute approximate surface area is 190 Å². The van der Waals surface area contributed by atoms with Crippen molar-refractivity contribution in [2.24, 2.45) is 16.6 Å². The van der Waals surface area contributed by atoms with Crippen molar-refractivity contribution in [1.82, 2.24) is 4.98 Å². The molecule has 0 saturated carbocycles. The molecule has 3 rings (SSSR count). The summed E-state index contributed by atoms with van der Waals surface area (Å²) in [5, 5.41) is 9.60. The second kappa shape index (κ2) is 9.47. The first-order valence-corrected chi connectivity index (χ1v) is 10.3. The van der Waals surface area contributed by atoms with Gasteiger partial charge in [0.25, 0.3) is 0 Å². The molecule has 2 heterocycles. The predicted octanol–water partition coefficient (Wildman–Crippen LogP) is 4.78. The van der Waals surface area contributed by atoms with Crippen LogP contribution < -0.4 is 5.73 Å². The molecule has 6 nitrogen and oxygen atoms in total. The van der Waals surface area contributed by atoms with Crippen molar-refractivity contribution in [3.8, 4) is 11.1 Å². The third-order valence-corrected chi connectivity index (χ3v) is 5.43. The van der Waals surface area contributed by atoms with Gasteiger partial charge < -0.3 is 15.6 Å². The lowest BCUT2D eigenvalue weighted by molar-refractivity contribution is -0.130. The number of nitrogens with two attached hydrogens (primary N) is 1. The van der Waals surface area contributed by atoms with Gasteiger partial charge in [-0.05, 0) is 56.7 Å². The number of pyridine rings is 1. The number of benzene rings is 1.